The molecule has 86 valence electrons. The zero-order valence-corrected chi connectivity index (χ0v) is 9.40. The average molecular weight is 259 g/mol. The van der Waals surface area contributed by atoms with Crippen LogP contribution in [0.2, 0.25) is 19.6 Å². The van der Waals surface area contributed by atoms with Crippen molar-refractivity contribution >= 4 is 19.7 Å². The van der Waals surface area contributed by atoms with Gasteiger partial charge in [-0.2, -0.15) is 17.6 Å². The highest BCUT2D eigenvalue weighted by Crippen LogP contribution is 2.51. The van der Waals surface area contributed by atoms with Gasteiger partial charge >= 0.3 is 11.3 Å². The normalized spacial score (nSPS) is 15.9. The molecule has 0 saturated carbocycles. The summed E-state index contributed by atoms with van der Waals surface area (Å²) in [4.78, 5) is 0. The zero-order valence-electron chi connectivity index (χ0n) is 7.65. The maximum atomic E-state index is 13.0. The van der Waals surface area contributed by atoms with E-state index in [1.54, 1.807) is 0 Å². The molecule has 0 aliphatic rings. The Morgan fingerprint density at radius 2 is 1.14 bits per heavy atom. The Balaban J connectivity index is 5.30. The van der Waals surface area contributed by atoms with Crippen molar-refractivity contribution in [2.45, 2.75) is 36.5 Å². The summed E-state index contributed by atoms with van der Waals surface area (Å²) in [5.74, 6) is -5.52. The fourth-order valence-corrected chi connectivity index (χ4v) is 1.95. The van der Waals surface area contributed by atoms with Gasteiger partial charge in [-0.1, -0.05) is 19.6 Å². The van der Waals surface area contributed by atoms with Crippen molar-refractivity contribution in [3.63, 3.8) is 0 Å². The molecule has 0 fully saturated rings. The molecule has 0 aliphatic heterocycles. The Labute approximate surface area is 83.2 Å². The molecule has 0 unspecified atom stereocenters. The molecule has 0 radical (unpaired) electrons. The third-order valence-corrected chi connectivity index (χ3v) is 4.13. The summed E-state index contributed by atoms with van der Waals surface area (Å²) < 4.78 is 75.3. The molecule has 0 atom stereocenters. The smallest absolute Gasteiger partial charge is 0.205 e. The summed E-state index contributed by atoms with van der Waals surface area (Å²) in [6.07, 6.45) is 0. The van der Waals surface area contributed by atoms with Gasteiger partial charge in [0.1, 0.15) is 8.07 Å². The summed E-state index contributed by atoms with van der Waals surface area (Å²) >= 11 is 3.97. The van der Waals surface area contributed by atoms with E-state index in [2.05, 4.69) is 11.6 Å². The van der Waals surface area contributed by atoms with Crippen LogP contribution in [0.15, 0.2) is 0 Å². The lowest BCUT2D eigenvalue weighted by atomic mass is 10.3. The highest BCUT2D eigenvalue weighted by molar-refractivity contribution is 6.78. The van der Waals surface area contributed by atoms with Gasteiger partial charge in [0.25, 0.3) is 5.55 Å². The quantitative estimate of drug-likeness (QED) is 0.408. The van der Waals surface area contributed by atoms with Gasteiger partial charge < -0.3 is 0 Å². The lowest BCUT2D eigenvalue weighted by Gasteiger charge is -2.36. The molecule has 0 aromatic carbocycles. The molecule has 0 saturated heterocycles. The van der Waals surface area contributed by atoms with Crippen LogP contribution in [-0.2, 0) is 0 Å². The van der Waals surface area contributed by atoms with Crippen molar-refractivity contribution in [3.05, 3.63) is 0 Å². The minimum atomic E-state index is -5.52. The second-order valence-electron chi connectivity index (χ2n) is 3.90. The highest BCUT2D eigenvalue weighted by atomic mass is 35.5. The summed E-state index contributed by atoms with van der Waals surface area (Å²) in [6, 6.07) is 0. The maximum absolute atomic E-state index is 13.0. The summed E-state index contributed by atoms with van der Waals surface area (Å²) in [7, 11) is -3.78. The van der Waals surface area contributed by atoms with Gasteiger partial charge in [-0.05, 0) is 11.6 Å². The van der Waals surface area contributed by atoms with Crippen LogP contribution in [0.1, 0.15) is 0 Å². The predicted molar refractivity (Wildman–Crippen MR) is 44.0 cm³/mol. The van der Waals surface area contributed by atoms with Crippen LogP contribution in [-0.4, -0.2) is 24.9 Å². The second kappa shape index (κ2) is 3.30. The van der Waals surface area contributed by atoms with Crippen LogP contribution in [0.3, 0.4) is 0 Å². The Bertz CT molecular complexity index is 191. The van der Waals surface area contributed by atoms with E-state index in [1.807, 2.05) is 0 Å². The van der Waals surface area contributed by atoms with Crippen LogP contribution < -0.4 is 0 Å². The van der Waals surface area contributed by atoms with Gasteiger partial charge in [0.15, 0.2) is 0 Å². The maximum Gasteiger partial charge on any atom is 0.389 e. The van der Waals surface area contributed by atoms with E-state index in [0.29, 0.717) is 0 Å². The molecule has 0 aromatic heterocycles. The van der Waals surface area contributed by atoms with Gasteiger partial charge in [0.05, 0.1) is 0 Å². The van der Waals surface area contributed by atoms with Crippen molar-refractivity contribution in [2.75, 3.05) is 0 Å². The molecule has 0 rings (SSSR count). The third-order valence-electron chi connectivity index (χ3n) is 1.69. The first-order valence-corrected chi connectivity index (χ1v) is 7.45. The van der Waals surface area contributed by atoms with Crippen molar-refractivity contribution < 1.29 is 26.3 Å². The Morgan fingerprint density at radius 1 is 0.857 bits per heavy atom. The monoisotopic (exact) mass is 258 g/mol. The first-order valence-electron chi connectivity index (χ1n) is 3.57. The fraction of sp³-hybridized carbons (Fsp3) is 1.00. The van der Waals surface area contributed by atoms with Gasteiger partial charge in [0.2, 0.25) is 0 Å². The Kier molecular flexibility index (Phi) is 3.32. The van der Waals surface area contributed by atoms with Crippen molar-refractivity contribution in [3.8, 4) is 0 Å². The molecule has 0 aliphatic carbocycles. The first kappa shape index (κ1) is 14.1. The molecule has 0 aromatic rings. The molecule has 0 heterocycles. The molecular weight excluding hydrogens is 250 g/mol. The number of alkyl halides is 7. The summed E-state index contributed by atoms with van der Waals surface area (Å²) in [6.45, 7) is 2.59. The van der Waals surface area contributed by atoms with Gasteiger partial charge in [0, 0.05) is 0 Å². The van der Waals surface area contributed by atoms with E-state index in [1.165, 1.54) is 0 Å². The van der Waals surface area contributed by atoms with Crippen molar-refractivity contribution in [2.24, 2.45) is 0 Å². The minimum absolute atomic E-state index is 0.865. The van der Waals surface area contributed by atoms with E-state index in [-0.39, 0.29) is 0 Å². The largest absolute Gasteiger partial charge is 0.389 e. The second-order valence-corrected chi connectivity index (χ2v) is 9.50. The topological polar surface area (TPSA) is 0 Å². The standard InChI is InChI=1S/C6H9ClF6Si/c1-14(2,3)6(12,13)4(8,9)5(7,10)11/h1-3H3. The molecule has 0 spiro atoms. The van der Waals surface area contributed by atoms with Crippen LogP contribution in [0, 0.1) is 0 Å². The first-order chi connectivity index (χ1) is 5.75. The summed E-state index contributed by atoms with van der Waals surface area (Å²) in [5.41, 5.74) is -4.76. The van der Waals surface area contributed by atoms with Crippen LogP contribution in [0.25, 0.3) is 0 Å². The molecule has 8 heteroatoms. The Morgan fingerprint density at radius 3 is 1.21 bits per heavy atom. The van der Waals surface area contributed by atoms with Crippen molar-refractivity contribution in [1.29, 1.82) is 0 Å². The average Bonchev–Trinajstić information content (AvgIpc) is 1.81. The number of hydrogen-bond donors (Lipinski definition) is 0. The van der Waals surface area contributed by atoms with Crippen molar-refractivity contribution in [1.82, 2.24) is 0 Å². The predicted octanol–water partition coefficient (Wildman–Crippen LogP) is 3.97. The molecular formula is C6H9ClF6Si. The highest BCUT2D eigenvalue weighted by Gasteiger charge is 2.74. The van der Waals surface area contributed by atoms with Gasteiger partial charge in [-0.15, -0.1) is 0 Å². The lowest BCUT2D eigenvalue weighted by Crippen LogP contribution is -2.63. The molecule has 0 nitrogen and oxygen atoms in total. The van der Waals surface area contributed by atoms with Gasteiger partial charge in [-0.3, -0.25) is 0 Å². The third kappa shape index (κ3) is 2.02. The van der Waals surface area contributed by atoms with E-state index in [0.717, 1.165) is 19.6 Å². The van der Waals surface area contributed by atoms with E-state index < -0.39 is 24.9 Å². The number of hydrogen-bond acceptors (Lipinski definition) is 0. The minimum Gasteiger partial charge on any atom is -0.205 e. The fourth-order valence-electron chi connectivity index (χ4n) is 0.649. The van der Waals surface area contributed by atoms with Crippen LogP contribution >= 0.6 is 11.6 Å². The van der Waals surface area contributed by atoms with E-state index in [9.17, 15) is 26.3 Å². The molecule has 14 heavy (non-hydrogen) atoms. The number of halogens is 7. The molecule has 0 N–H and O–H groups in total. The molecule has 0 amide bonds. The lowest BCUT2D eigenvalue weighted by molar-refractivity contribution is -0.249. The summed E-state index contributed by atoms with van der Waals surface area (Å²) in [5, 5.41) is -5.24. The van der Waals surface area contributed by atoms with E-state index in [4.69, 9.17) is 0 Å². The number of rotatable bonds is 3. The van der Waals surface area contributed by atoms with Crippen LogP contribution in [0.4, 0.5) is 26.3 Å². The van der Waals surface area contributed by atoms with Gasteiger partial charge in [-0.25, -0.2) is 8.78 Å². The zero-order chi connectivity index (χ0) is 12.0. The SMILES string of the molecule is C[Si](C)(C)C(F)(F)C(F)(F)C(F)(F)Cl. The Hall–Kier alpha value is 0.0869. The van der Waals surface area contributed by atoms with E-state index >= 15 is 0 Å². The van der Waals surface area contributed by atoms with Crippen LogP contribution in [0.5, 0.6) is 0 Å². The molecule has 0 bridgehead atoms.